The maximum absolute atomic E-state index is 12.4. The first-order valence-corrected chi connectivity index (χ1v) is 11.4. The molecule has 1 aromatic carbocycles. The lowest BCUT2D eigenvalue weighted by molar-refractivity contribution is -0.119. The van der Waals surface area contributed by atoms with E-state index in [1.807, 2.05) is 32.9 Å². The van der Waals surface area contributed by atoms with Gasteiger partial charge in [-0.15, -0.1) is 5.06 Å². The van der Waals surface area contributed by atoms with Crippen LogP contribution in [-0.2, 0) is 14.4 Å². The third-order valence-corrected chi connectivity index (χ3v) is 6.02. The van der Waals surface area contributed by atoms with Gasteiger partial charge in [0.15, 0.2) is 0 Å². The zero-order chi connectivity index (χ0) is 22.1. The van der Waals surface area contributed by atoms with Gasteiger partial charge in [0.1, 0.15) is 11.4 Å². The Morgan fingerprint density at radius 3 is 1.88 bits per heavy atom. The Kier molecular flexibility index (Phi) is 7.09. The topological polar surface area (TPSA) is 72.7 Å². The number of ketones is 2. The molecule has 5 aliphatic rings. The summed E-state index contributed by atoms with van der Waals surface area (Å²) >= 11 is 0. The second kappa shape index (κ2) is 10.0. The summed E-state index contributed by atoms with van der Waals surface area (Å²) in [5.41, 5.74) is 2.50. The maximum Gasteiger partial charge on any atom is 0.357 e. The van der Waals surface area contributed by atoms with Crippen LogP contribution >= 0.6 is 13.5 Å². The number of carbonyl (C=O) groups is 3. The molecule has 1 aliphatic carbocycles. The number of carbonyl (C=O) groups excluding carboxylic acids is 3. The van der Waals surface area contributed by atoms with Crippen molar-refractivity contribution in [2.75, 3.05) is 52.4 Å². The predicted molar refractivity (Wildman–Crippen MR) is 128 cm³/mol. The van der Waals surface area contributed by atoms with E-state index in [1.54, 1.807) is 17.2 Å². The molecule has 0 bridgehead atoms. The van der Waals surface area contributed by atoms with Crippen molar-refractivity contribution in [1.82, 2.24) is 19.8 Å². The molecule has 0 spiro atoms. The molecule has 8 nitrogen and oxygen atoms in total. The fraction of sp³-hybridized carbons (Fsp3) is 0.458. The second-order valence-corrected chi connectivity index (χ2v) is 8.62. The summed E-state index contributed by atoms with van der Waals surface area (Å²) in [4.78, 5) is 47.4. The van der Waals surface area contributed by atoms with Crippen molar-refractivity contribution in [3.8, 4) is 0 Å². The number of nitrogens with zero attached hydrogens (tertiary/aromatic N) is 4. The fourth-order valence-corrected chi connectivity index (χ4v) is 3.98. The van der Waals surface area contributed by atoms with Gasteiger partial charge in [-0.25, -0.2) is 4.79 Å². The Morgan fingerprint density at radius 2 is 1.30 bits per heavy atom. The van der Waals surface area contributed by atoms with Crippen LogP contribution in [0.1, 0.15) is 29.6 Å². The van der Waals surface area contributed by atoms with Gasteiger partial charge in [-0.1, -0.05) is 24.6 Å². The van der Waals surface area contributed by atoms with E-state index in [-0.39, 0.29) is 31.0 Å². The molecule has 0 aromatic heterocycles. The zero-order valence-corrected chi connectivity index (χ0v) is 19.7. The summed E-state index contributed by atoms with van der Waals surface area (Å²) in [6.07, 6.45) is 4.99. The van der Waals surface area contributed by atoms with E-state index in [1.165, 1.54) is 12.5 Å². The van der Waals surface area contributed by atoms with E-state index in [0.717, 1.165) is 65.2 Å². The quantitative estimate of drug-likeness (QED) is 0.474. The van der Waals surface area contributed by atoms with Gasteiger partial charge >= 0.3 is 5.97 Å². The molecule has 4 saturated heterocycles. The van der Waals surface area contributed by atoms with Crippen LogP contribution in [0.2, 0.25) is 0 Å². The molecular weight excluding hydrogens is 440 g/mol. The van der Waals surface area contributed by atoms with Gasteiger partial charge < -0.3 is 19.5 Å². The number of rotatable bonds is 5. The van der Waals surface area contributed by atoms with E-state index in [9.17, 15) is 14.4 Å². The van der Waals surface area contributed by atoms with Crippen molar-refractivity contribution in [2.45, 2.75) is 19.3 Å². The molecule has 33 heavy (non-hydrogen) atoms. The first-order valence-electron chi connectivity index (χ1n) is 11.4. The van der Waals surface area contributed by atoms with Gasteiger partial charge in [0, 0.05) is 58.4 Å². The van der Waals surface area contributed by atoms with Gasteiger partial charge in [-0.3, -0.25) is 9.59 Å². The van der Waals surface area contributed by atoms with Gasteiger partial charge in [0.25, 0.3) is 0 Å². The Bertz CT molecular complexity index is 975. The third kappa shape index (κ3) is 5.59. The van der Waals surface area contributed by atoms with Crippen LogP contribution in [0.4, 0.5) is 0 Å². The van der Waals surface area contributed by atoms with Crippen molar-refractivity contribution >= 4 is 31.0 Å². The van der Waals surface area contributed by atoms with E-state index >= 15 is 0 Å². The summed E-state index contributed by atoms with van der Waals surface area (Å²) in [6, 6.07) is 9.11. The van der Waals surface area contributed by atoms with Crippen LogP contribution in [0.5, 0.6) is 0 Å². The largest absolute Gasteiger partial charge is 0.365 e. The number of hydrogen-bond acceptors (Lipinski definition) is 8. The minimum absolute atomic E-state index is 0. The average Bonchev–Trinajstić information content (AvgIpc) is 3.64. The van der Waals surface area contributed by atoms with Crippen LogP contribution in [0.3, 0.4) is 0 Å². The SMILES string of the molecule is O=C(ON1CCCCC1)c1ccccc1.O=C1C=C(N2CC2)C(=O)C(N2CC2)=C1N1CC1.S. The molecule has 176 valence electrons. The molecule has 0 unspecified atom stereocenters. The van der Waals surface area contributed by atoms with Crippen molar-refractivity contribution < 1.29 is 19.2 Å². The number of allylic oxidation sites excluding steroid dienone is 1. The molecule has 0 atom stereocenters. The molecule has 4 aliphatic heterocycles. The smallest absolute Gasteiger partial charge is 0.357 e. The standard InChI is InChI=1S/C12H13N3O2.C12H15NO2.H2S/c16-9-7-8(13-1-2-13)12(17)11(15-5-6-15)10(9)14-3-4-14;14-12(11-7-3-1-4-8-11)15-13-9-5-2-6-10-13;/h7H,1-6H2;1,3-4,7-8H,2,5-6,9-10H2;1H2. The maximum atomic E-state index is 12.4. The van der Waals surface area contributed by atoms with E-state index in [4.69, 9.17) is 4.84 Å². The lowest BCUT2D eigenvalue weighted by Crippen LogP contribution is -2.32. The molecule has 4 heterocycles. The summed E-state index contributed by atoms with van der Waals surface area (Å²) in [5, 5.41) is 1.76. The second-order valence-electron chi connectivity index (χ2n) is 8.62. The van der Waals surface area contributed by atoms with Crippen LogP contribution in [0.15, 0.2) is 53.5 Å². The molecule has 6 rings (SSSR count). The average molecular weight is 471 g/mol. The molecule has 0 saturated carbocycles. The molecule has 1 aromatic rings. The Hall–Kier alpha value is -2.78. The monoisotopic (exact) mass is 470 g/mol. The Balaban J connectivity index is 0.000000154. The molecular formula is C24H30N4O4S. The van der Waals surface area contributed by atoms with Gasteiger partial charge in [-0.2, -0.15) is 13.5 Å². The molecule has 0 amide bonds. The minimum Gasteiger partial charge on any atom is -0.365 e. The Labute approximate surface area is 200 Å². The highest BCUT2D eigenvalue weighted by molar-refractivity contribution is 7.59. The first-order chi connectivity index (χ1) is 15.6. The van der Waals surface area contributed by atoms with Crippen LogP contribution < -0.4 is 0 Å². The van der Waals surface area contributed by atoms with Gasteiger partial charge in [-0.05, 0) is 25.0 Å². The van der Waals surface area contributed by atoms with Crippen molar-refractivity contribution in [3.63, 3.8) is 0 Å². The van der Waals surface area contributed by atoms with E-state index in [2.05, 4.69) is 0 Å². The highest BCUT2D eigenvalue weighted by Crippen LogP contribution is 2.33. The fourth-order valence-electron chi connectivity index (χ4n) is 3.98. The van der Waals surface area contributed by atoms with E-state index in [0.29, 0.717) is 22.7 Å². The number of hydrogen-bond donors (Lipinski definition) is 0. The number of benzene rings is 1. The summed E-state index contributed by atoms with van der Waals surface area (Å²) in [5.74, 6) is -0.204. The van der Waals surface area contributed by atoms with Crippen molar-refractivity contribution in [3.05, 3.63) is 59.1 Å². The highest BCUT2D eigenvalue weighted by Gasteiger charge is 2.43. The minimum atomic E-state index is -0.252. The predicted octanol–water partition coefficient (Wildman–Crippen LogP) is 1.54. The lowest BCUT2D eigenvalue weighted by atomic mass is 10.0. The normalized spacial score (nSPS) is 21.6. The number of hydroxylamine groups is 2. The molecule has 4 fully saturated rings. The van der Waals surface area contributed by atoms with Crippen molar-refractivity contribution in [1.29, 1.82) is 0 Å². The lowest BCUT2D eigenvalue weighted by Gasteiger charge is -2.24. The van der Waals surface area contributed by atoms with Crippen LogP contribution in [0, 0.1) is 0 Å². The summed E-state index contributed by atoms with van der Waals surface area (Å²) in [6.45, 7) is 7.13. The van der Waals surface area contributed by atoms with Gasteiger partial charge in [0.2, 0.25) is 11.6 Å². The van der Waals surface area contributed by atoms with Crippen LogP contribution in [0.25, 0.3) is 0 Å². The summed E-state index contributed by atoms with van der Waals surface area (Å²) < 4.78 is 0. The number of Topliss-reactive ketones (excluding diaryl/α,β-unsaturated/α-hetero) is 1. The van der Waals surface area contributed by atoms with E-state index < -0.39 is 0 Å². The zero-order valence-electron chi connectivity index (χ0n) is 18.7. The first kappa shape index (κ1) is 23.4. The Morgan fingerprint density at radius 1 is 0.727 bits per heavy atom. The van der Waals surface area contributed by atoms with Gasteiger partial charge in [0.05, 0.1) is 11.3 Å². The number of piperidine rings is 1. The van der Waals surface area contributed by atoms with Crippen LogP contribution in [-0.4, -0.2) is 89.7 Å². The molecule has 9 heteroatoms. The highest BCUT2D eigenvalue weighted by atomic mass is 32.1. The molecule has 0 radical (unpaired) electrons. The van der Waals surface area contributed by atoms with Crippen molar-refractivity contribution in [2.24, 2.45) is 0 Å². The third-order valence-electron chi connectivity index (χ3n) is 6.02. The summed E-state index contributed by atoms with van der Waals surface area (Å²) in [7, 11) is 0. The molecule has 0 N–H and O–H groups in total.